The van der Waals surface area contributed by atoms with Gasteiger partial charge < -0.3 is 9.47 Å². The Kier molecular flexibility index (Phi) is 6.47. The number of methoxy groups -OCH3 is 1. The first-order valence-corrected chi connectivity index (χ1v) is 8.84. The highest BCUT2D eigenvalue weighted by molar-refractivity contribution is 7.71. The first-order chi connectivity index (χ1) is 14.4. The highest BCUT2D eigenvalue weighted by Gasteiger charge is 2.17. The summed E-state index contributed by atoms with van der Waals surface area (Å²) < 4.78 is 37.6. The standard InChI is InChI=1S/C18H15F2N5O4S/c1-28-14-7-6-11(9-21-24-17(16(19)20)22-23-18(24)30)8-12(14)10-29-15-5-3-2-4-13(15)25(26)27/h2-9,16H,10H2,1H3,(H,23,30)/b21-9+. The highest BCUT2D eigenvalue weighted by atomic mass is 32.1. The second-order valence-electron chi connectivity index (χ2n) is 5.83. The molecule has 12 heteroatoms. The molecule has 0 aliphatic heterocycles. The number of nitro groups is 1. The molecule has 0 amide bonds. The van der Waals surface area contributed by atoms with E-state index in [1.807, 2.05) is 0 Å². The molecule has 9 nitrogen and oxygen atoms in total. The summed E-state index contributed by atoms with van der Waals surface area (Å²) >= 11 is 4.90. The maximum absolute atomic E-state index is 13.0. The van der Waals surface area contributed by atoms with Crippen LogP contribution in [-0.4, -0.2) is 33.1 Å². The number of nitro benzene ring substituents is 1. The predicted molar refractivity (Wildman–Crippen MR) is 106 cm³/mol. The molecule has 30 heavy (non-hydrogen) atoms. The second-order valence-corrected chi connectivity index (χ2v) is 6.22. The summed E-state index contributed by atoms with van der Waals surface area (Å²) in [5, 5.41) is 20.8. The third kappa shape index (κ3) is 4.66. The number of ether oxygens (including phenoxy) is 2. The Morgan fingerprint density at radius 2 is 2.10 bits per heavy atom. The first kappa shape index (κ1) is 21.0. The second kappa shape index (κ2) is 9.22. The molecule has 0 saturated heterocycles. The Hall–Kier alpha value is -3.67. The van der Waals surface area contributed by atoms with E-state index in [0.29, 0.717) is 16.9 Å². The fraction of sp³-hybridized carbons (Fsp3) is 0.167. The number of benzene rings is 2. The van der Waals surface area contributed by atoms with Gasteiger partial charge in [-0.05, 0) is 42.0 Å². The van der Waals surface area contributed by atoms with Crippen molar-refractivity contribution in [3.63, 3.8) is 0 Å². The minimum absolute atomic E-state index is 0.0247. The zero-order valence-electron chi connectivity index (χ0n) is 15.5. The molecule has 1 heterocycles. The summed E-state index contributed by atoms with van der Waals surface area (Å²) in [5.74, 6) is -0.0152. The summed E-state index contributed by atoms with van der Waals surface area (Å²) in [5.41, 5.74) is 0.952. The van der Waals surface area contributed by atoms with Crippen LogP contribution >= 0.6 is 12.2 Å². The fourth-order valence-electron chi connectivity index (χ4n) is 2.56. The van der Waals surface area contributed by atoms with Crippen molar-refractivity contribution in [2.45, 2.75) is 13.0 Å². The lowest BCUT2D eigenvalue weighted by Gasteiger charge is -2.11. The van der Waals surface area contributed by atoms with E-state index in [1.54, 1.807) is 24.3 Å². The lowest BCUT2D eigenvalue weighted by atomic mass is 10.1. The van der Waals surface area contributed by atoms with Gasteiger partial charge >= 0.3 is 5.69 Å². The van der Waals surface area contributed by atoms with Gasteiger partial charge in [-0.1, -0.05) is 12.1 Å². The molecule has 2 aromatic carbocycles. The minimum Gasteiger partial charge on any atom is -0.496 e. The van der Waals surface area contributed by atoms with Gasteiger partial charge in [0.05, 0.1) is 18.2 Å². The van der Waals surface area contributed by atoms with Crippen molar-refractivity contribution in [3.8, 4) is 11.5 Å². The van der Waals surface area contributed by atoms with E-state index in [9.17, 15) is 18.9 Å². The summed E-state index contributed by atoms with van der Waals surface area (Å²) in [6, 6.07) is 10.9. The lowest BCUT2D eigenvalue weighted by molar-refractivity contribution is -0.385. The number of alkyl halides is 2. The molecule has 0 aliphatic carbocycles. The number of nitrogens with one attached hydrogen (secondary N) is 1. The van der Waals surface area contributed by atoms with E-state index >= 15 is 0 Å². The Balaban J connectivity index is 1.85. The number of H-pyrrole nitrogens is 1. The van der Waals surface area contributed by atoms with Gasteiger partial charge in [-0.25, -0.2) is 13.9 Å². The van der Waals surface area contributed by atoms with Crippen molar-refractivity contribution in [1.29, 1.82) is 0 Å². The number of aromatic nitrogens is 3. The van der Waals surface area contributed by atoms with E-state index in [0.717, 1.165) is 4.68 Å². The maximum atomic E-state index is 13.0. The molecule has 0 aliphatic rings. The average molecular weight is 435 g/mol. The zero-order valence-corrected chi connectivity index (χ0v) is 16.3. The molecule has 156 valence electrons. The van der Waals surface area contributed by atoms with Crippen LogP contribution in [-0.2, 0) is 6.61 Å². The Morgan fingerprint density at radius 3 is 2.80 bits per heavy atom. The molecule has 0 fully saturated rings. The first-order valence-electron chi connectivity index (χ1n) is 8.43. The topological polar surface area (TPSA) is 108 Å². The van der Waals surface area contributed by atoms with Crippen LogP contribution in [0.15, 0.2) is 47.6 Å². The van der Waals surface area contributed by atoms with Gasteiger partial charge in [0.1, 0.15) is 12.4 Å². The predicted octanol–water partition coefficient (Wildman–Crippen LogP) is 4.26. The number of nitrogens with zero attached hydrogens (tertiary/aromatic N) is 4. The quantitative estimate of drug-likeness (QED) is 0.245. The highest BCUT2D eigenvalue weighted by Crippen LogP contribution is 2.28. The van der Waals surface area contributed by atoms with Gasteiger partial charge in [-0.3, -0.25) is 10.1 Å². The number of rotatable bonds is 8. The fourth-order valence-corrected chi connectivity index (χ4v) is 2.74. The Morgan fingerprint density at radius 1 is 1.33 bits per heavy atom. The molecule has 0 radical (unpaired) electrons. The summed E-state index contributed by atoms with van der Waals surface area (Å²) in [6.07, 6.45) is -1.53. The molecule has 0 spiro atoms. The summed E-state index contributed by atoms with van der Waals surface area (Å²) in [6.45, 7) is -0.0247. The third-order valence-corrected chi connectivity index (χ3v) is 4.21. The monoisotopic (exact) mass is 435 g/mol. The van der Waals surface area contributed by atoms with E-state index in [2.05, 4.69) is 15.3 Å². The van der Waals surface area contributed by atoms with Crippen molar-refractivity contribution in [1.82, 2.24) is 14.9 Å². The molecule has 3 rings (SSSR count). The van der Waals surface area contributed by atoms with Crippen molar-refractivity contribution >= 4 is 24.1 Å². The van der Waals surface area contributed by atoms with Crippen LogP contribution in [0.3, 0.4) is 0 Å². The summed E-state index contributed by atoms with van der Waals surface area (Å²) in [7, 11) is 1.47. The van der Waals surface area contributed by atoms with Crippen LogP contribution in [0.2, 0.25) is 0 Å². The van der Waals surface area contributed by atoms with Crippen molar-refractivity contribution in [2.24, 2.45) is 5.10 Å². The van der Waals surface area contributed by atoms with Crippen molar-refractivity contribution in [2.75, 3.05) is 7.11 Å². The van der Waals surface area contributed by atoms with Crippen molar-refractivity contribution < 1.29 is 23.2 Å². The minimum atomic E-state index is -2.85. The Bertz CT molecular complexity index is 1150. The molecule has 0 saturated carbocycles. The van der Waals surface area contributed by atoms with Crippen LogP contribution < -0.4 is 9.47 Å². The van der Waals surface area contributed by atoms with Crippen LogP contribution in [0.4, 0.5) is 14.5 Å². The molecule has 3 aromatic rings. The van der Waals surface area contributed by atoms with Gasteiger partial charge in [-0.2, -0.15) is 14.9 Å². The zero-order chi connectivity index (χ0) is 21.7. The van der Waals surface area contributed by atoms with E-state index in [-0.39, 0.29) is 22.8 Å². The van der Waals surface area contributed by atoms with E-state index in [4.69, 9.17) is 21.7 Å². The van der Waals surface area contributed by atoms with Crippen LogP contribution in [0.5, 0.6) is 11.5 Å². The molecular weight excluding hydrogens is 420 g/mol. The largest absolute Gasteiger partial charge is 0.496 e. The van der Waals surface area contributed by atoms with E-state index in [1.165, 1.54) is 31.5 Å². The number of halogens is 2. The van der Waals surface area contributed by atoms with Gasteiger partial charge in [0, 0.05) is 11.6 Å². The van der Waals surface area contributed by atoms with Gasteiger partial charge in [0.25, 0.3) is 6.43 Å². The van der Waals surface area contributed by atoms with Gasteiger partial charge in [0.2, 0.25) is 10.6 Å². The molecule has 1 N–H and O–H groups in total. The third-order valence-electron chi connectivity index (χ3n) is 3.94. The van der Waals surface area contributed by atoms with Crippen LogP contribution in [0, 0.1) is 14.9 Å². The normalized spacial score (nSPS) is 11.2. The van der Waals surface area contributed by atoms with Gasteiger partial charge in [0.15, 0.2) is 5.75 Å². The molecule has 1 aromatic heterocycles. The number of para-hydroxylation sites is 2. The van der Waals surface area contributed by atoms with Crippen molar-refractivity contribution in [3.05, 3.63) is 74.3 Å². The van der Waals surface area contributed by atoms with E-state index < -0.39 is 17.2 Å². The Labute approximate surface area is 173 Å². The lowest BCUT2D eigenvalue weighted by Crippen LogP contribution is -2.03. The SMILES string of the molecule is COc1ccc(/C=N/n2c(C(F)F)n[nH]c2=S)cc1COc1ccccc1[N+](=O)[O-]. The molecule has 0 unspecified atom stereocenters. The average Bonchev–Trinajstić information content (AvgIpc) is 3.11. The number of aromatic amines is 1. The molecule has 0 bridgehead atoms. The van der Waals surface area contributed by atoms with Gasteiger partial charge in [-0.15, -0.1) is 0 Å². The molecule has 0 atom stereocenters. The smallest absolute Gasteiger partial charge is 0.310 e. The van der Waals surface area contributed by atoms with Crippen LogP contribution in [0.25, 0.3) is 0 Å². The maximum Gasteiger partial charge on any atom is 0.310 e. The molecular formula is C18H15F2N5O4S. The summed E-state index contributed by atoms with van der Waals surface area (Å²) in [4.78, 5) is 10.6. The van der Waals surface area contributed by atoms with Crippen LogP contribution in [0.1, 0.15) is 23.4 Å². The number of hydrogen-bond donors (Lipinski definition) is 1. The number of hydrogen-bond acceptors (Lipinski definition) is 7.